The molecular weight excluding hydrogens is 408 g/mol. The van der Waals surface area contributed by atoms with Crippen molar-refractivity contribution in [3.63, 3.8) is 0 Å². The number of nitrogens with zero attached hydrogens (tertiary/aromatic N) is 2. The first-order valence-electron chi connectivity index (χ1n) is 9.67. The fourth-order valence-corrected chi connectivity index (χ4v) is 3.50. The van der Waals surface area contributed by atoms with Crippen LogP contribution >= 0.6 is 11.6 Å². The molecule has 1 fully saturated rings. The van der Waals surface area contributed by atoms with Crippen molar-refractivity contribution in [1.82, 2.24) is 15.7 Å². The molecule has 0 bridgehead atoms. The Bertz CT molecular complexity index is 866. The molecule has 0 unspecified atom stereocenters. The molecule has 2 aromatic rings. The first-order valence-corrected chi connectivity index (χ1v) is 10.0. The fourth-order valence-electron chi connectivity index (χ4n) is 3.37. The lowest BCUT2D eigenvalue weighted by molar-refractivity contribution is -0.133. The molecule has 1 saturated heterocycles. The summed E-state index contributed by atoms with van der Waals surface area (Å²) in [6, 6.07) is 14.2. The number of hydroxylamine groups is 1. The Hall–Kier alpha value is -2.81. The number of hydrogen-bond acceptors (Lipinski definition) is 5. The Morgan fingerprint density at radius 1 is 0.967 bits per heavy atom. The zero-order valence-corrected chi connectivity index (χ0v) is 17.3. The van der Waals surface area contributed by atoms with E-state index in [1.807, 2.05) is 24.3 Å². The van der Waals surface area contributed by atoms with Gasteiger partial charge in [-0.2, -0.15) is 0 Å². The third-order valence-corrected chi connectivity index (χ3v) is 5.38. The van der Waals surface area contributed by atoms with E-state index in [0.717, 1.165) is 16.8 Å². The second kappa shape index (κ2) is 9.80. The molecule has 3 rings (SSSR count). The van der Waals surface area contributed by atoms with E-state index >= 15 is 0 Å². The standard InChI is InChI=1S/C21H25ClN4O4/c1-14(27)19(20(28)24-30)23-21(29)26-12-10-25(11-13-26)18-8-4-16(5-9-18)15-2-6-17(22)7-3-15/h2-9,14,19,27,30H,10-13H2,1H3,(H,23,29)(H,24,28)/t14-,19+/m0/s1. The SMILES string of the molecule is C[C@H](O)[C@@H](NC(=O)N1CCN(c2ccc(-c3ccc(Cl)cc3)cc2)CC1)C(=O)NO. The fraction of sp³-hybridized carbons (Fsp3) is 0.333. The lowest BCUT2D eigenvalue weighted by Gasteiger charge is -2.36. The molecule has 1 aliphatic heterocycles. The number of hydrogen-bond donors (Lipinski definition) is 4. The van der Waals surface area contributed by atoms with Crippen molar-refractivity contribution in [1.29, 1.82) is 0 Å². The van der Waals surface area contributed by atoms with Gasteiger partial charge in [0.15, 0.2) is 0 Å². The molecule has 4 N–H and O–H groups in total. The molecule has 0 aliphatic carbocycles. The lowest BCUT2D eigenvalue weighted by atomic mass is 10.1. The Balaban J connectivity index is 1.56. The molecule has 0 aromatic heterocycles. The zero-order chi connectivity index (χ0) is 21.7. The summed E-state index contributed by atoms with van der Waals surface area (Å²) in [6.45, 7) is 3.58. The van der Waals surface area contributed by atoms with Crippen LogP contribution in [0.5, 0.6) is 0 Å². The van der Waals surface area contributed by atoms with Crippen LogP contribution in [0.2, 0.25) is 5.02 Å². The minimum atomic E-state index is -1.22. The van der Waals surface area contributed by atoms with Gasteiger partial charge in [0, 0.05) is 36.9 Å². The number of carbonyl (C=O) groups excluding carboxylic acids is 2. The largest absolute Gasteiger partial charge is 0.391 e. The zero-order valence-electron chi connectivity index (χ0n) is 16.6. The maximum absolute atomic E-state index is 12.4. The topological polar surface area (TPSA) is 105 Å². The first-order chi connectivity index (χ1) is 14.4. The normalized spacial score (nSPS) is 16.0. The number of halogens is 1. The number of carbonyl (C=O) groups is 2. The predicted octanol–water partition coefficient (Wildman–Crippen LogP) is 2.09. The van der Waals surface area contributed by atoms with Crippen molar-refractivity contribution in [2.24, 2.45) is 0 Å². The quantitative estimate of drug-likeness (QED) is 0.427. The molecule has 0 radical (unpaired) electrons. The predicted molar refractivity (Wildman–Crippen MR) is 115 cm³/mol. The number of aliphatic hydroxyl groups excluding tert-OH is 1. The highest BCUT2D eigenvalue weighted by Crippen LogP contribution is 2.25. The minimum absolute atomic E-state index is 0.456. The third kappa shape index (κ3) is 5.21. The summed E-state index contributed by atoms with van der Waals surface area (Å²) >= 11 is 5.94. The van der Waals surface area contributed by atoms with Crippen LogP contribution in [0.1, 0.15) is 6.92 Å². The van der Waals surface area contributed by atoms with E-state index in [4.69, 9.17) is 16.8 Å². The number of aliphatic hydroxyl groups is 1. The van der Waals surface area contributed by atoms with Gasteiger partial charge in [-0.05, 0) is 42.3 Å². The van der Waals surface area contributed by atoms with Crippen LogP contribution in [0.4, 0.5) is 10.5 Å². The molecular formula is C21H25ClN4O4. The molecule has 0 saturated carbocycles. The van der Waals surface area contributed by atoms with E-state index in [1.165, 1.54) is 12.4 Å². The van der Waals surface area contributed by atoms with Gasteiger partial charge < -0.3 is 20.2 Å². The Morgan fingerprint density at radius 2 is 1.50 bits per heavy atom. The van der Waals surface area contributed by atoms with E-state index in [2.05, 4.69) is 34.5 Å². The summed E-state index contributed by atoms with van der Waals surface area (Å²) in [7, 11) is 0. The molecule has 3 amide bonds. The Morgan fingerprint density at radius 3 is 2.00 bits per heavy atom. The third-order valence-electron chi connectivity index (χ3n) is 5.13. The number of anilines is 1. The number of urea groups is 1. The number of nitrogens with one attached hydrogen (secondary N) is 2. The summed E-state index contributed by atoms with van der Waals surface area (Å²) in [4.78, 5) is 27.8. The van der Waals surface area contributed by atoms with E-state index in [9.17, 15) is 14.7 Å². The van der Waals surface area contributed by atoms with Gasteiger partial charge in [-0.1, -0.05) is 35.9 Å². The van der Waals surface area contributed by atoms with Crippen LogP contribution in [0.3, 0.4) is 0 Å². The molecule has 9 heteroatoms. The highest BCUT2D eigenvalue weighted by Gasteiger charge is 2.29. The Labute approximate surface area is 180 Å². The summed E-state index contributed by atoms with van der Waals surface area (Å²) in [5.74, 6) is -0.863. The summed E-state index contributed by atoms with van der Waals surface area (Å²) in [5, 5.41) is 21.6. The molecule has 1 aliphatic rings. The maximum Gasteiger partial charge on any atom is 0.318 e. The van der Waals surface area contributed by atoms with Gasteiger partial charge in [0.25, 0.3) is 5.91 Å². The molecule has 8 nitrogen and oxygen atoms in total. The van der Waals surface area contributed by atoms with E-state index in [-0.39, 0.29) is 0 Å². The van der Waals surface area contributed by atoms with Crippen LogP contribution < -0.4 is 15.7 Å². The van der Waals surface area contributed by atoms with Gasteiger partial charge in [0.05, 0.1) is 6.10 Å². The van der Waals surface area contributed by atoms with Gasteiger partial charge >= 0.3 is 6.03 Å². The number of rotatable bonds is 5. The molecule has 0 spiro atoms. The van der Waals surface area contributed by atoms with Crippen molar-refractivity contribution < 1.29 is 19.9 Å². The van der Waals surface area contributed by atoms with Gasteiger partial charge in [-0.3, -0.25) is 10.0 Å². The van der Waals surface area contributed by atoms with Crippen LogP contribution in [-0.2, 0) is 4.79 Å². The lowest BCUT2D eigenvalue weighted by Crippen LogP contribution is -2.58. The van der Waals surface area contributed by atoms with Crippen LogP contribution in [0, 0.1) is 0 Å². The second-order valence-corrected chi connectivity index (χ2v) is 7.61. The van der Waals surface area contributed by atoms with Crippen LogP contribution in [-0.4, -0.2) is 65.5 Å². The van der Waals surface area contributed by atoms with E-state index in [1.54, 1.807) is 4.90 Å². The minimum Gasteiger partial charge on any atom is -0.391 e. The van der Waals surface area contributed by atoms with Gasteiger partial charge in [-0.25, -0.2) is 10.3 Å². The van der Waals surface area contributed by atoms with Gasteiger partial charge in [-0.15, -0.1) is 0 Å². The molecule has 1 heterocycles. The average molecular weight is 433 g/mol. The molecule has 30 heavy (non-hydrogen) atoms. The van der Waals surface area contributed by atoms with E-state index in [0.29, 0.717) is 31.2 Å². The van der Waals surface area contributed by atoms with E-state index < -0.39 is 24.1 Å². The monoisotopic (exact) mass is 432 g/mol. The maximum atomic E-state index is 12.4. The second-order valence-electron chi connectivity index (χ2n) is 7.17. The number of piperazine rings is 1. The van der Waals surface area contributed by atoms with Crippen LogP contribution in [0.15, 0.2) is 48.5 Å². The Kier molecular flexibility index (Phi) is 7.15. The first kappa shape index (κ1) is 21.9. The summed E-state index contributed by atoms with van der Waals surface area (Å²) < 4.78 is 0. The van der Waals surface area contributed by atoms with Crippen molar-refractivity contribution in [3.05, 3.63) is 53.6 Å². The summed E-state index contributed by atoms with van der Waals surface area (Å²) in [5.41, 5.74) is 4.71. The highest BCUT2D eigenvalue weighted by molar-refractivity contribution is 6.30. The smallest absolute Gasteiger partial charge is 0.318 e. The molecule has 2 aromatic carbocycles. The van der Waals surface area contributed by atoms with Crippen LogP contribution in [0.25, 0.3) is 11.1 Å². The van der Waals surface area contributed by atoms with Gasteiger partial charge in [0.2, 0.25) is 0 Å². The van der Waals surface area contributed by atoms with Crippen molar-refractivity contribution in [2.45, 2.75) is 19.1 Å². The molecule has 160 valence electrons. The highest BCUT2D eigenvalue weighted by atomic mass is 35.5. The van der Waals surface area contributed by atoms with Gasteiger partial charge in [0.1, 0.15) is 6.04 Å². The van der Waals surface area contributed by atoms with Crippen molar-refractivity contribution in [3.8, 4) is 11.1 Å². The number of amides is 3. The van der Waals surface area contributed by atoms with Crippen molar-refractivity contribution in [2.75, 3.05) is 31.1 Å². The average Bonchev–Trinajstić information content (AvgIpc) is 2.77. The van der Waals surface area contributed by atoms with Crippen molar-refractivity contribution >= 4 is 29.2 Å². The molecule has 2 atom stereocenters. The summed E-state index contributed by atoms with van der Waals surface area (Å²) in [6.07, 6.45) is -1.14. The number of benzene rings is 2.